The maximum Gasteiger partial charge on any atom is 0.253 e. The lowest BCUT2D eigenvalue weighted by Gasteiger charge is -2.29. The van der Waals surface area contributed by atoms with Crippen molar-refractivity contribution in [2.75, 3.05) is 7.05 Å². The second-order valence-electron chi connectivity index (χ2n) is 5.28. The largest absolute Gasteiger partial charge is 0.339 e. The zero-order valence-corrected chi connectivity index (χ0v) is 11.3. The molecular formula is C16H23NO. The van der Waals surface area contributed by atoms with Gasteiger partial charge < -0.3 is 4.90 Å². The van der Waals surface area contributed by atoms with Crippen LogP contribution in [-0.4, -0.2) is 23.9 Å². The highest BCUT2D eigenvalue weighted by molar-refractivity contribution is 5.94. The minimum Gasteiger partial charge on any atom is -0.339 e. The number of rotatable bonds is 2. The van der Waals surface area contributed by atoms with E-state index in [0.717, 1.165) is 18.4 Å². The smallest absolute Gasteiger partial charge is 0.253 e. The molecule has 2 heteroatoms. The molecule has 1 aromatic carbocycles. The maximum absolute atomic E-state index is 12.4. The fraction of sp³-hybridized carbons (Fsp3) is 0.562. The number of nitrogens with zero attached hydrogens (tertiary/aromatic N) is 1. The molecule has 0 N–H and O–H groups in total. The molecule has 1 amide bonds. The second kappa shape index (κ2) is 6.58. The van der Waals surface area contributed by atoms with Crippen LogP contribution in [0.15, 0.2) is 30.3 Å². The first-order valence-corrected chi connectivity index (χ1v) is 7.11. The van der Waals surface area contributed by atoms with E-state index in [1.54, 1.807) is 0 Å². The van der Waals surface area contributed by atoms with Crippen molar-refractivity contribution >= 4 is 5.91 Å². The molecular weight excluding hydrogens is 222 g/mol. The molecule has 1 aromatic rings. The van der Waals surface area contributed by atoms with E-state index >= 15 is 0 Å². The monoisotopic (exact) mass is 245 g/mol. The van der Waals surface area contributed by atoms with Crippen LogP contribution in [0.4, 0.5) is 0 Å². The van der Waals surface area contributed by atoms with E-state index < -0.39 is 0 Å². The van der Waals surface area contributed by atoms with Gasteiger partial charge in [0.25, 0.3) is 5.91 Å². The standard InChI is InChI=1S/C16H23NO/c1-17(15-12-8-3-2-4-9-13-15)16(18)14-10-6-5-7-11-14/h5-7,10-11,15H,2-4,8-9,12-13H2,1H3. The molecule has 0 spiro atoms. The highest BCUT2D eigenvalue weighted by atomic mass is 16.2. The summed E-state index contributed by atoms with van der Waals surface area (Å²) >= 11 is 0. The van der Waals surface area contributed by atoms with Crippen molar-refractivity contribution in [3.05, 3.63) is 35.9 Å². The SMILES string of the molecule is CN(C(=O)c1ccccc1)C1CCCCCCC1. The first-order chi connectivity index (χ1) is 8.79. The van der Waals surface area contributed by atoms with Crippen LogP contribution in [-0.2, 0) is 0 Å². The van der Waals surface area contributed by atoms with Crippen LogP contribution < -0.4 is 0 Å². The van der Waals surface area contributed by atoms with Gasteiger partial charge in [0.1, 0.15) is 0 Å². The summed E-state index contributed by atoms with van der Waals surface area (Å²) in [4.78, 5) is 14.3. The van der Waals surface area contributed by atoms with Gasteiger partial charge in [-0.15, -0.1) is 0 Å². The number of benzene rings is 1. The number of hydrogen-bond donors (Lipinski definition) is 0. The lowest BCUT2D eigenvalue weighted by atomic mass is 9.95. The van der Waals surface area contributed by atoms with Gasteiger partial charge in [-0.05, 0) is 25.0 Å². The fourth-order valence-electron chi connectivity index (χ4n) is 2.77. The summed E-state index contributed by atoms with van der Waals surface area (Å²) in [5.74, 6) is 0.168. The molecule has 0 unspecified atom stereocenters. The highest BCUT2D eigenvalue weighted by Gasteiger charge is 2.21. The van der Waals surface area contributed by atoms with Crippen LogP contribution in [0.5, 0.6) is 0 Å². The highest BCUT2D eigenvalue weighted by Crippen LogP contribution is 2.21. The van der Waals surface area contributed by atoms with Crippen molar-refractivity contribution in [3.8, 4) is 0 Å². The van der Waals surface area contributed by atoms with Crippen molar-refractivity contribution in [3.63, 3.8) is 0 Å². The third-order valence-electron chi connectivity index (χ3n) is 3.96. The minimum atomic E-state index is 0.168. The Kier molecular flexibility index (Phi) is 4.80. The average molecular weight is 245 g/mol. The van der Waals surface area contributed by atoms with Gasteiger partial charge in [-0.25, -0.2) is 0 Å². The quantitative estimate of drug-likeness (QED) is 0.774. The Morgan fingerprint density at radius 1 is 1.00 bits per heavy atom. The molecule has 1 aliphatic rings. The van der Waals surface area contributed by atoms with E-state index in [1.165, 1.54) is 32.1 Å². The zero-order chi connectivity index (χ0) is 12.8. The zero-order valence-electron chi connectivity index (χ0n) is 11.3. The molecule has 0 saturated heterocycles. The molecule has 2 nitrogen and oxygen atoms in total. The van der Waals surface area contributed by atoms with Crippen molar-refractivity contribution < 1.29 is 4.79 Å². The Labute approximate surface area is 110 Å². The Hall–Kier alpha value is -1.31. The molecule has 0 radical (unpaired) electrons. The lowest BCUT2D eigenvalue weighted by molar-refractivity contribution is 0.0707. The van der Waals surface area contributed by atoms with Crippen LogP contribution in [0.1, 0.15) is 55.3 Å². The minimum absolute atomic E-state index is 0.168. The molecule has 18 heavy (non-hydrogen) atoms. The van der Waals surface area contributed by atoms with Gasteiger partial charge in [0, 0.05) is 18.7 Å². The Bertz CT molecular complexity index is 366. The number of hydrogen-bond acceptors (Lipinski definition) is 1. The Balaban J connectivity index is 2.00. The summed E-state index contributed by atoms with van der Waals surface area (Å²) in [6, 6.07) is 10.0. The van der Waals surface area contributed by atoms with Gasteiger partial charge in [0.15, 0.2) is 0 Å². The summed E-state index contributed by atoms with van der Waals surface area (Å²) < 4.78 is 0. The molecule has 1 aliphatic carbocycles. The van der Waals surface area contributed by atoms with E-state index in [1.807, 2.05) is 42.3 Å². The van der Waals surface area contributed by atoms with E-state index in [9.17, 15) is 4.79 Å². The average Bonchev–Trinajstić information content (AvgIpc) is 2.38. The number of carbonyl (C=O) groups excluding carboxylic acids is 1. The lowest BCUT2D eigenvalue weighted by Crippen LogP contribution is -2.37. The van der Waals surface area contributed by atoms with Crippen LogP contribution in [0.2, 0.25) is 0 Å². The molecule has 0 heterocycles. The second-order valence-corrected chi connectivity index (χ2v) is 5.28. The molecule has 1 saturated carbocycles. The van der Waals surface area contributed by atoms with Gasteiger partial charge in [-0.2, -0.15) is 0 Å². The number of carbonyl (C=O) groups is 1. The van der Waals surface area contributed by atoms with E-state index in [0.29, 0.717) is 6.04 Å². The van der Waals surface area contributed by atoms with Crippen LogP contribution in [0.25, 0.3) is 0 Å². The first-order valence-electron chi connectivity index (χ1n) is 7.11. The number of amides is 1. The molecule has 0 atom stereocenters. The topological polar surface area (TPSA) is 20.3 Å². The molecule has 0 bridgehead atoms. The summed E-state index contributed by atoms with van der Waals surface area (Å²) in [6.45, 7) is 0. The van der Waals surface area contributed by atoms with Crippen LogP contribution in [0, 0.1) is 0 Å². The van der Waals surface area contributed by atoms with Gasteiger partial charge in [-0.3, -0.25) is 4.79 Å². The van der Waals surface area contributed by atoms with E-state index in [-0.39, 0.29) is 5.91 Å². The molecule has 2 rings (SSSR count). The molecule has 1 fully saturated rings. The summed E-state index contributed by atoms with van der Waals surface area (Å²) in [6.07, 6.45) is 8.86. The maximum atomic E-state index is 12.4. The predicted molar refractivity (Wildman–Crippen MR) is 74.6 cm³/mol. The summed E-state index contributed by atoms with van der Waals surface area (Å²) in [5, 5.41) is 0. The van der Waals surface area contributed by atoms with Crippen LogP contribution >= 0.6 is 0 Å². The Morgan fingerprint density at radius 3 is 2.17 bits per heavy atom. The Morgan fingerprint density at radius 2 is 1.56 bits per heavy atom. The van der Waals surface area contributed by atoms with Crippen LogP contribution in [0.3, 0.4) is 0 Å². The predicted octanol–water partition coefficient (Wildman–Crippen LogP) is 3.87. The third-order valence-corrected chi connectivity index (χ3v) is 3.96. The van der Waals surface area contributed by atoms with Crippen molar-refractivity contribution in [1.82, 2.24) is 4.90 Å². The van der Waals surface area contributed by atoms with E-state index in [4.69, 9.17) is 0 Å². The fourth-order valence-corrected chi connectivity index (χ4v) is 2.77. The van der Waals surface area contributed by atoms with Gasteiger partial charge in [0.05, 0.1) is 0 Å². The van der Waals surface area contributed by atoms with Gasteiger partial charge in [0.2, 0.25) is 0 Å². The van der Waals surface area contributed by atoms with Gasteiger partial charge in [-0.1, -0.05) is 50.3 Å². The van der Waals surface area contributed by atoms with Crippen molar-refractivity contribution in [2.45, 2.75) is 51.0 Å². The molecule has 0 aromatic heterocycles. The normalized spacial score (nSPS) is 17.8. The third kappa shape index (κ3) is 3.34. The molecule has 0 aliphatic heterocycles. The first kappa shape index (κ1) is 13.1. The van der Waals surface area contributed by atoms with Gasteiger partial charge >= 0.3 is 0 Å². The van der Waals surface area contributed by atoms with Crippen molar-refractivity contribution in [1.29, 1.82) is 0 Å². The van der Waals surface area contributed by atoms with E-state index in [2.05, 4.69) is 0 Å². The summed E-state index contributed by atoms with van der Waals surface area (Å²) in [7, 11) is 1.96. The summed E-state index contributed by atoms with van der Waals surface area (Å²) in [5.41, 5.74) is 0.807. The van der Waals surface area contributed by atoms with Crippen molar-refractivity contribution in [2.24, 2.45) is 0 Å². The molecule has 98 valence electrons.